The van der Waals surface area contributed by atoms with Gasteiger partial charge in [-0.3, -0.25) is 4.79 Å². The first-order valence-corrected chi connectivity index (χ1v) is 8.88. The number of hydrogen-bond donors (Lipinski definition) is 1. The van der Waals surface area contributed by atoms with E-state index in [0.717, 1.165) is 22.4 Å². The first-order valence-electron chi connectivity index (χ1n) is 8.51. The summed E-state index contributed by atoms with van der Waals surface area (Å²) in [4.78, 5) is 16.2. The van der Waals surface area contributed by atoms with Gasteiger partial charge in [0.15, 0.2) is 5.82 Å². The maximum atomic E-state index is 12.7. The van der Waals surface area contributed by atoms with E-state index in [2.05, 4.69) is 15.4 Å². The number of rotatable bonds is 6. The highest BCUT2D eigenvalue weighted by molar-refractivity contribution is 6.32. The van der Waals surface area contributed by atoms with E-state index in [1.165, 1.54) is 13.3 Å². The lowest BCUT2D eigenvalue weighted by Crippen LogP contribution is -2.23. The average molecular weight is 441 g/mol. The zero-order valence-corrected chi connectivity index (χ0v) is 16.6. The molecule has 158 valence electrons. The molecule has 3 aromatic rings. The third-order valence-corrected chi connectivity index (χ3v) is 4.54. The van der Waals surface area contributed by atoms with Gasteiger partial charge in [-0.2, -0.15) is 23.0 Å². The number of nitrogens with one attached hydrogen (secondary N) is 1. The average Bonchev–Trinajstić information content (AvgIpc) is 2.74. The fraction of sp³-hybridized carbons (Fsp3) is 0.211. The molecule has 0 aliphatic rings. The number of ether oxygens (including phenoxy) is 2. The van der Waals surface area contributed by atoms with Crippen LogP contribution in [-0.4, -0.2) is 29.0 Å². The van der Waals surface area contributed by atoms with Crippen LogP contribution in [0.5, 0.6) is 11.5 Å². The van der Waals surface area contributed by atoms with Gasteiger partial charge in [0.25, 0.3) is 5.56 Å². The van der Waals surface area contributed by atoms with E-state index in [1.807, 2.05) is 0 Å². The van der Waals surface area contributed by atoms with Crippen LogP contribution >= 0.6 is 11.6 Å². The molecule has 2 heterocycles. The molecule has 3 rings (SSSR count). The number of alkyl halides is 3. The molecule has 30 heavy (non-hydrogen) atoms. The fourth-order valence-corrected chi connectivity index (χ4v) is 2.78. The van der Waals surface area contributed by atoms with Crippen molar-refractivity contribution in [2.45, 2.75) is 12.7 Å². The quantitative estimate of drug-likeness (QED) is 0.625. The number of aromatic nitrogens is 3. The highest BCUT2D eigenvalue weighted by Gasteiger charge is 2.30. The first kappa shape index (κ1) is 21.4. The highest BCUT2D eigenvalue weighted by Crippen LogP contribution is 2.29. The third-order valence-electron chi connectivity index (χ3n) is 4.17. The molecule has 2 aromatic heterocycles. The number of hydrogen-bond acceptors (Lipinski definition) is 6. The van der Waals surface area contributed by atoms with Crippen molar-refractivity contribution in [2.24, 2.45) is 0 Å². The van der Waals surface area contributed by atoms with Crippen molar-refractivity contribution in [3.05, 3.63) is 69.2 Å². The molecule has 11 heteroatoms. The van der Waals surface area contributed by atoms with Gasteiger partial charge in [-0.25, -0.2) is 4.98 Å². The largest absolute Gasteiger partial charge is 0.497 e. The van der Waals surface area contributed by atoms with Crippen molar-refractivity contribution in [3.8, 4) is 17.3 Å². The smallest absolute Gasteiger partial charge is 0.417 e. The standard InChI is InChI=1S/C19H16ClF3N4O3/c1-29-13-5-3-11(15(7-13)30-2)8-24-14-10-26-27(18(28)17(14)20)16-6-4-12(9-25-16)19(21,22)23/h3-7,9-10,24H,8H2,1-2H3. The Kier molecular flexibility index (Phi) is 6.16. The van der Waals surface area contributed by atoms with Crippen LogP contribution in [0, 0.1) is 0 Å². The van der Waals surface area contributed by atoms with Gasteiger partial charge in [0.05, 0.1) is 31.7 Å². The highest BCUT2D eigenvalue weighted by atomic mass is 35.5. The minimum atomic E-state index is -4.53. The summed E-state index contributed by atoms with van der Waals surface area (Å²) in [5, 5.41) is 6.76. The van der Waals surface area contributed by atoms with Crippen LogP contribution in [0.1, 0.15) is 11.1 Å². The molecule has 0 radical (unpaired) electrons. The SMILES string of the molecule is COc1ccc(CNc2cnn(-c3ccc(C(F)(F)F)cn3)c(=O)c2Cl)c(OC)c1. The second kappa shape index (κ2) is 8.62. The van der Waals surface area contributed by atoms with Crippen molar-refractivity contribution in [3.63, 3.8) is 0 Å². The Balaban J connectivity index is 1.83. The van der Waals surface area contributed by atoms with Gasteiger partial charge < -0.3 is 14.8 Å². The molecule has 7 nitrogen and oxygen atoms in total. The molecule has 0 bridgehead atoms. The molecule has 0 saturated carbocycles. The molecular formula is C19H16ClF3N4O3. The van der Waals surface area contributed by atoms with E-state index in [0.29, 0.717) is 17.7 Å². The van der Waals surface area contributed by atoms with Gasteiger partial charge >= 0.3 is 6.18 Å². The van der Waals surface area contributed by atoms with Gasteiger partial charge in [0.1, 0.15) is 16.5 Å². The summed E-state index contributed by atoms with van der Waals surface area (Å²) in [5.74, 6) is 1.12. The number of halogens is 4. The van der Waals surface area contributed by atoms with E-state index in [1.54, 1.807) is 25.3 Å². The van der Waals surface area contributed by atoms with Crippen molar-refractivity contribution in [2.75, 3.05) is 19.5 Å². The number of anilines is 1. The minimum absolute atomic E-state index is 0.0849. The second-order valence-corrected chi connectivity index (χ2v) is 6.40. The summed E-state index contributed by atoms with van der Waals surface area (Å²) in [6.07, 6.45) is -2.61. The van der Waals surface area contributed by atoms with Crippen molar-refractivity contribution >= 4 is 17.3 Å². The Morgan fingerprint density at radius 2 is 1.90 bits per heavy atom. The maximum absolute atomic E-state index is 12.7. The normalized spacial score (nSPS) is 11.3. The Morgan fingerprint density at radius 3 is 2.50 bits per heavy atom. The summed E-state index contributed by atoms with van der Waals surface area (Å²) in [5.41, 5.74) is -0.626. The Hall–Kier alpha value is -3.27. The van der Waals surface area contributed by atoms with Crippen molar-refractivity contribution in [1.82, 2.24) is 14.8 Å². The zero-order chi connectivity index (χ0) is 21.9. The van der Waals surface area contributed by atoms with Gasteiger partial charge in [-0.1, -0.05) is 11.6 Å². The van der Waals surface area contributed by atoms with Crippen LogP contribution in [0.25, 0.3) is 5.82 Å². The van der Waals surface area contributed by atoms with E-state index < -0.39 is 17.3 Å². The molecule has 0 aliphatic carbocycles. The number of nitrogens with zero attached hydrogens (tertiary/aromatic N) is 3. The number of pyridine rings is 1. The van der Waals surface area contributed by atoms with Gasteiger partial charge in [0, 0.05) is 24.4 Å². The summed E-state index contributed by atoms with van der Waals surface area (Å²) < 4.78 is 49.3. The van der Waals surface area contributed by atoms with E-state index in [4.69, 9.17) is 21.1 Å². The molecule has 0 amide bonds. The van der Waals surface area contributed by atoms with E-state index in [-0.39, 0.29) is 23.1 Å². The molecule has 0 fully saturated rings. The van der Waals surface area contributed by atoms with Gasteiger partial charge in [-0.15, -0.1) is 0 Å². The molecule has 0 saturated heterocycles. The summed E-state index contributed by atoms with van der Waals surface area (Å²) in [6, 6.07) is 7.12. The summed E-state index contributed by atoms with van der Waals surface area (Å²) in [6.45, 7) is 0.274. The lowest BCUT2D eigenvalue weighted by Gasteiger charge is -2.13. The van der Waals surface area contributed by atoms with Crippen molar-refractivity contribution < 1.29 is 22.6 Å². The predicted octanol–water partition coefficient (Wildman–Crippen LogP) is 3.93. The lowest BCUT2D eigenvalue weighted by atomic mass is 10.2. The number of benzene rings is 1. The molecule has 0 spiro atoms. The van der Waals surface area contributed by atoms with E-state index >= 15 is 0 Å². The fourth-order valence-electron chi connectivity index (χ4n) is 2.59. The molecule has 0 unspecified atom stereocenters. The molecule has 1 aromatic carbocycles. The molecule has 1 N–H and O–H groups in total. The van der Waals surface area contributed by atoms with Crippen LogP contribution in [0.15, 0.2) is 47.5 Å². The monoisotopic (exact) mass is 440 g/mol. The Bertz CT molecular complexity index is 1100. The molecule has 0 atom stereocenters. The minimum Gasteiger partial charge on any atom is -0.497 e. The third kappa shape index (κ3) is 4.48. The molecular weight excluding hydrogens is 425 g/mol. The Morgan fingerprint density at radius 1 is 1.13 bits per heavy atom. The molecule has 0 aliphatic heterocycles. The van der Waals surface area contributed by atoms with E-state index in [9.17, 15) is 18.0 Å². The zero-order valence-electron chi connectivity index (χ0n) is 15.8. The predicted molar refractivity (Wildman–Crippen MR) is 105 cm³/mol. The Labute approximate surface area is 174 Å². The summed E-state index contributed by atoms with van der Waals surface area (Å²) in [7, 11) is 3.06. The van der Waals surface area contributed by atoms with Crippen LogP contribution in [0.4, 0.5) is 18.9 Å². The van der Waals surface area contributed by atoms with Crippen LogP contribution < -0.4 is 20.3 Å². The van der Waals surface area contributed by atoms with Crippen molar-refractivity contribution in [1.29, 1.82) is 0 Å². The maximum Gasteiger partial charge on any atom is 0.417 e. The van der Waals surface area contributed by atoms with Crippen LogP contribution in [0.3, 0.4) is 0 Å². The topological polar surface area (TPSA) is 78.3 Å². The van der Waals surface area contributed by atoms with Gasteiger partial charge in [-0.05, 0) is 24.3 Å². The van der Waals surface area contributed by atoms with Crippen LogP contribution in [0.2, 0.25) is 5.02 Å². The van der Waals surface area contributed by atoms with Gasteiger partial charge in [0.2, 0.25) is 0 Å². The first-order chi connectivity index (χ1) is 14.2. The second-order valence-electron chi connectivity index (χ2n) is 6.02. The number of methoxy groups -OCH3 is 2. The lowest BCUT2D eigenvalue weighted by molar-refractivity contribution is -0.137. The van der Waals surface area contributed by atoms with Crippen LogP contribution in [-0.2, 0) is 12.7 Å². The summed E-state index contributed by atoms with van der Waals surface area (Å²) >= 11 is 6.14.